The van der Waals surface area contributed by atoms with Gasteiger partial charge < -0.3 is 9.64 Å². The van der Waals surface area contributed by atoms with E-state index in [-0.39, 0.29) is 5.54 Å². The van der Waals surface area contributed by atoms with Gasteiger partial charge in [-0.25, -0.2) is 0 Å². The van der Waals surface area contributed by atoms with Gasteiger partial charge in [0.2, 0.25) is 5.91 Å². The SMILES string of the molecule is COc1ccc2ccccc2c1CN1CCCC12CCCN(C1CC1)C2=O. The summed E-state index contributed by atoms with van der Waals surface area (Å²) in [6.07, 6.45) is 6.63. The summed E-state index contributed by atoms with van der Waals surface area (Å²) in [4.78, 5) is 18.2. The van der Waals surface area contributed by atoms with E-state index >= 15 is 0 Å². The molecule has 142 valence electrons. The first kappa shape index (κ1) is 17.1. The van der Waals surface area contributed by atoms with Crippen molar-refractivity contribution in [1.29, 1.82) is 0 Å². The first-order valence-corrected chi connectivity index (χ1v) is 10.3. The van der Waals surface area contributed by atoms with Crippen LogP contribution in [-0.2, 0) is 11.3 Å². The van der Waals surface area contributed by atoms with Crippen molar-refractivity contribution < 1.29 is 9.53 Å². The van der Waals surface area contributed by atoms with Crippen LogP contribution in [0.2, 0.25) is 0 Å². The molecular weight excluding hydrogens is 336 g/mol. The lowest BCUT2D eigenvalue weighted by molar-refractivity contribution is -0.148. The molecule has 5 rings (SSSR count). The Kier molecular flexibility index (Phi) is 4.12. The second-order valence-corrected chi connectivity index (χ2v) is 8.36. The number of rotatable bonds is 4. The van der Waals surface area contributed by atoms with Crippen LogP contribution in [0.5, 0.6) is 5.75 Å². The predicted octanol–water partition coefficient (Wildman–Crippen LogP) is 3.97. The van der Waals surface area contributed by atoms with Gasteiger partial charge in [0.1, 0.15) is 11.3 Å². The van der Waals surface area contributed by atoms with Gasteiger partial charge in [-0.2, -0.15) is 0 Å². The Balaban J connectivity index is 1.52. The molecule has 0 N–H and O–H groups in total. The summed E-state index contributed by atoms with van der Waals surface area (Å²) in [5, 5.41) is 2.47. The van der Waals surface area contributed by atoms with Gasteiger partial charge >= 0.3 is 0 Å². The zero-order valence-corrected chi connectivity index (χ0v) is 16.1. The molecule has 3 aliphatic rings. The van der Waals surface area contributed by atoms with Crippen LogP contribution in [0.1, 0.15) is 44.1 Å². The third-order valence-corrected chi connectivity index (χ3v) is 6.83. The number of nitrogens with zero attached hydrogens (tertiary/aromatic N) is 2. The third kappa shape index (κ3) is 2.73. The van der Waals surface area contributed by atoms with E-state index in [9.17, 15) is 4.79 Å². The molecule has 0 radical (unpaired) electrons. The van der Waals surface area contributed by atoms with E-state index in [4.69, 9.17) is 4.74 Å². The van der Waals surface area contributed by atoms with Crippen molar-refractivity contribution in [3.63, 3.8) is 0 Å². The fraction of sp³-hybridized carbons (Fsp3) is 0.522. The van der Waals surface area contributed by atoms with Crippen LogP contribution in [0.3, 0.4) is 0 Å². The van der Waals surface area contributed by atoms with Crippen LogP contribution in [0, 0.1) is 0 Å². The van der Waals surface area contributed by atoms with Crippen LogP contribution < -0.4 is 4.74 Å². The molecule has 1 spiro atoms. The molecule has 2 saturated heterocycles. The topological polar surface area (TPSA) is 32.8 Å². The van der Waals surface area contributed by atoms with E-state index in [2.05, 4.69) is 46.2 Å². The van der Waals surface area contributed by atoms with Crippen molar-refractivity contribution in [2.75, 3.05) is 20.2 Å². The quantitative estimate of drug-likeness (QED) is 0.823. The molecule has 2 aromatic rings. The van der Waals surface area contributed by atoms with Gasteiger partial charge in [0, 0.05) is 24.7 Å². The van der Waals surface area contributed by atoms with Gasteiger partial charge in [-0.15, -0.1) is 0 Å². The highest BCUT2D eigenvalue weighted by Gasteiger charge is 2.53. The highest BCUT2D eigenvalue weighted by atomic mass is 16.5. The lowest BCUT2D eigenvalue weighted by Crippen LogP contribution is -2.60. The summed E-state index contributed by atoms with van der Waals surface area (Å²) in [5.41, 5.74) is 0.927. The van der Waals surface area contributed by atoms with Crippen molar-refractivity contribution in [3.8, 4) is 5.75 Å². The number of piperidine rings is 1. The fourth-order valence-electron chi connectivity index (χ4n) is 5.30. The first-order chi connectivity index (χ1) is 13.2. The van der Waals surface area contributed by atoms with Gasteiger partial charge in [-0.3, -0.25) is 9.69 Å². The second-order valence-electron chi connectivity index (χ2n) is 8.36. The van der Waals surface area contributed by atoms with Gasteiger partial charge in [-0.1, -0.05) is 30.3 Å². The number of amides is 1. The minimum Gasteiger partial charge on any atom is -0.496 e. The van der Waals surface area contributed by atoms with E-state index < -0.39 is 0 Å². The minimum atomic E-state index is -0.289. The van der Waals surface area contributed by atoms with E-state index in [1.165, 1.54) is 29.2 Å². The predicted molar refractivity (Wildman–Crippen MR) is 107 cm³/mol. The first-order valence-electron chi connectivity index (χ1n) is 10.3. The number of likely N-dealkylation sites (tertiary alicyclic amines) is 2. The van der Waals surface area contributed by atoms with Crippen LogP contribution in [0.15, 0.2) is 36.4 Å². The molecule has 4 nitrogen and oxygen atoms in total. The third-order valence-electron chi connectivity index (χ3n) is 6.83. The molecule has 2 aromatic carbocycles. The summed E-state index contributed by atoms with van der Waals surface area (Å²) in [6.45, 7) is 2.74. The van der Waals surface area contributed by atoms with Gasteiger partial charge in [0.05, 0.1) is 7.11 Å². The van der Waals surface area contributed by atoms with Gasteiger partial charge in [0.25, 0.3) is 0 Å². The zero-order valence-electron chi connectivity index (χ0n) is 16.1. The molecule has 1 saturated carbocycles. The van der Waals surface area contributed by atoms with Crippen molar-refractivity contribution in [1.82, 2.24) is 9.80 Å². The Hall–Kier alpha value is -2.07. The van der Waals surface area contributed by atoms with E-state index in [1.54, 1.807) is 7.11 Å². The number of hydrogen-bond donors (Lipinski definition) is 0. The highest BCUT2D eigenvalue weighted by molar-refractivity contribution is 5.89. The number of methoxy groups -OCH3 is 1. The number of carbonyl (C=O) groups is 1. The standard InChI is InChI=1S/C23H28N2O2/c1-27-21-11-8-17-6-2-3-7-19(17)20(21)16-24-14-4-12-23(24)13-5-15-25(22(23)26)18-9-10-18/h2-3,6-8,11,18H,4-5,9-10,12-16H2,1H3. The normalized spacial score (nSPS) is 26.3. The maximum Gasteiger partial charge on any atom is 0.243 e. The number of hydrogen-bond acceptors (Lipinski definition) is 3. The molecule has 1 atom stereocenters. The fourth-order valence-corrected chi connectivity index (χ4v) is 5.30. The lowest BCUT2D eigenvalue weighted by Gasteiger charge is -2.45. The molecule has 4 heteroatoms. The molecule has 0 bridgehead atoms. The van der Waals surface area contributed by atoms with Crippen LogP contribution in [0.4, 0.5) is 0 Å². The Morgan fingerprint density at radius 3 is 2.63 bits per heavy atom. The molecular formula is C23H28N2O2. The molecule has 1 unspecified atom stereocenters. The highest BCUT2D eigenvalue weighted by Crippen LogP contribution is 2.43. The zero-order chi connectivity index (χ0) is 18.4. The molecule has 0 aromatic heterocycles. The average Bonchev–Trinajstić information content (AvgIpc) is 3.47. The van der Waals surface area contributed by atoms with Gasteiger partial charge in [-0.05, 0) is 61.9 Å². The van der Waals surface area contributed by atoms with Crippen LogP contribution in [0.25, 0.3) is 10.8 Å². The minimum absolute atomic E-state index is 0.289. The second kappa shape index (κ2) is 6.52. The number of benzene rings is 2. The maximum absolute atomic E-state index is 13.5. The molecule has 3 fully saturated rings. The van der Waals surface area contributed by atoms with Crippen LogP contribution in [-0.4, -0.2) is 47.5 Å². The molecule has 27 heavy (non-hydrogen) atoms. The summed E-state index contributed by atoms with van der Waals surface area (Å²) in [6, 6.07) is 13.2. The smallest absolute Gasteiger partial charge is 0.243 e. The van der Waals surface area contributed by atoms with Crippen molar-refractivity contribution in [2.24, 2.45) is 0 Å². The molecule has 2 aliphatic heterocycles. The van der Waals surface area contributed by atoms with Crippen LogP contribution >= 0.6 is 0 Å². The van der Waals surface area contributed by atoms with Crippen molar-refractivity contribution >= 4 is 16.7 Å². The van der Waals surface area contributed by atoms with E-state index in [0.29, 0.717) is 11.9 Å². The monoisotopic (exact) mass is 364 g/mol. The number of fused-ring (bicyclic) bond motifs is 1. The maximum atomic E-state index is 13.5. The van der Waals surface area contributed by atoms with Gasteiger partial charge in [0.15, 0.2) is 0 Å². The average molecular weight is 364 g/mol. The molecule has 1 aliphatic carbocycles. The summed E-state index contributed by atoms with van der Waals surface area (Å²) in [5.74, 6) is 1.33. The Morgan fingerprint density at radius 1 is 1.07 bits per heavy atom. The van der Waals surface area contributed by atoms with Crippen molar-refractivity contribution in [2.45, 2.75) is 56.7 Å². The molecule has 2 heterocycles. The summed E-state index contributed by atoms with van der Waals surface area (Å²) >= 11 is 0. The summed E-state index contributed by atoms with van der Waals surface area (Å²) < 4.78 is 5.71. The number of carbonyl (C=O) groups excluding carboxylic acids is 1. The van der Waals surface area contributed by atoms with E-state index in [0.717, 1.165) is 51.1 Å². The Morgan fingerprint density at radius 2 is 1.85 bits per heavy atom. The lowest BCUT2D eigenvalue weighted by atomic mass is 9.84. The number of ether oxygens (including phenoxy) is 1. The summed E-state index contributed by atoms with van der Waals surface area (Å²) in [7, 11) is 1.74. The Labute approximate surface area is 161 Å². The van der Waals surface area contributed by atoms with Crippen molar-refractivity contribution in [3.05, 3.63) is 42.0 Å². The Bertz CT molecular complexity index is 876. The largest absolute Gasteiger partial charge is 0.496 e. The van der Waals surface area contributed by atoms with E-state index in [1.807, 2.05) is 0 Å². The molecule has 1 amide bonds.